The Morgan fingerprint density at radius 1 is 1.42 bits per heavy atom. The second-order valence-electron chi connectivity index (χ2n) is 4.88. The Morgan fingerprint density at radius 2 is 2.00 bits per heavy atom. The molecule has 2 nitrogen and oxygen atoms in total. The molecule has 1 N–H and O–H groups in total. The lowest BCUT2D eigenvalue weighted by Gasteiger charge is -2.45. The average molecular weight is 170 g/mol. The summed E-state index contributed by atoms with van der Waals surface area (Å²) in [5, 5.41) is 3.55. The fraction of sp³-hybridized carbons (Fsp3) is 1.00. The Labute approximate surface area is 76.3 Å². The predicted molar refractivity (Wildman–Crippen MR) is 53.4 cm³/mol. The van der Waals surface area contributed by atoms with Crippen molar-refractivity contribution in [2.75, 3.05) is 13.1 Å². The second-order valence-corrected chi connectivity index (χ2v) is 4.88. The average Bonchev–Trinajstić information content (AvgIpc) is 1.94. The molecule has 0 aromatic heterocycles. The third-order valence-electron chi connectivity index (χ3n) is 2.68. The van der Waals surface area contributed by atoms with Crippen LogP contribution in [0.5, 0.6) is 0 Å². The van der Waals surface area contributed by atoms with Gasteiger partial charge in [0.2, 0.25) is 0 Å². The third-order valence-corrected chi connectivity index (χ3v) is 2.68. The molecule has 0 unspecified atom stereocenters. The highest BCUT2D eigenvalue weighted by atomic mass is 15.3. The van der Waals surface area contributed by atoms with E-state index in [1.165, 1.54) is 0 Å². The van der Waals surface area contributed by atoms with Gasteiger partial charge in [-0.3, -0.25) is 4.90 Å². The summed E-state index contributed by atoms with van der Waals surface area (Å²) >= 11 is 0. The molecule has 0 amide bonds. The summed E-state index contributed by atoms with van der Waals surface area (Å²) in [6, 6.07) is 1.35. The van der Waals surface area contributed by atoms with Crippen molar-refractivity contribution in [1.29, 1.82) is 0 Å². The van der Waals surface area contributed by atoms with E-state index in [9.17, 15) is 0 Å². The molecule has 1 aliphatic rings. The van der Waals surface area contributed by atoms with Crippen LogP contribution in [0.2, 0.25) is 0 Å². The lowest BCUT2D eigenvalue weighted by Crippen LogP contribution is -2.62. The van der Waals surface area contributed by atoms with Crippen LogP contribution in [-0.4, -0.2) is 35.6 Å². The zero-order valence-corrected chi connectivity index (χ0v) is 9.02. The van der Waals surface area contributed by atoms with Gasteiger partial charge in [-0.15, -0.1) is 0 Å². The van der Waals surface area contributed by atoms with Gasteiger partial charge in [0.1, 0.15) is 0 Å². The molecule has 0 saturated carbocycles. The molecule has 1 fully saturated rings. The summed E-state index contributed by atoms with van der Waals surface area (Å²) in [6.45, 7) is 13.7. The van der Waals surface area contributed by atoms with Gasteiger partial charge < -0.3 is 5.32 Å². The number of hydrogen-bond acceptors (Lipinski definition) is 2. The van der Waals surface area contributed by atoms with E-state index >= 15 is 0 Å². The Kier molecular flexibility index (Phi) is 2.79. The number of hydrogen-bond donors (Lipinski definition) is 1. The van der Waals surface area contributed by atoms with E-state index in [-0.39, 0.29) is 5.54 Å². The van der Waals surface area contributed by atoms with Gasteiger partial charge in [0.25, 0.3) is 0 Å². The molecule has 2 heteroatoms. The van der Waals surface area contributed by atoms with Crippen LogP contribution in [0.25, 0.3) is 0 Å². The third kappa shape index (κ3) is 2.20. The molecule has 1 aliphatic heterocycles. The van der Waals surface area contributed by atoms with E-state index in [1.807, 2.05) is 0 Å². The van der Waals surface area contributed by atoms with Gasteiger partial charge in [0, 0.05) is 30.7 Å². The minimum atomic E-state index is 0.288. The molecular weight excluding hydrogens is 148 g/mol. The van der Waals surface area contributed by atoms with Crippen molar-refractivity contribution < 1.29 is 0 Å². The standard InChI is InChI=1S/C10H22N2/c1-8(2)12-7-10(4,5)11-6-9(12)3/h8-9,11H,6-7H2,1-5H3/t9-/m1/s1. The summed E-state index contributed by atoms with van der Waals surface area (Å²) in [5.74, 6) is 0. The molecular formula is C10H22N2. The molecule has 0 radical (unpaired) electrons. The maximum atomic E-state index is 3.55. The highest BCUT2D eigenvalue weighted by Gasteiger charge is 2.31. The highest BCUT2D eigenvalue weighted by molar-refractivity contribution is 4.91. The molecule has 0 spiro atoms. The normalized spacial score (nSPS) is 31.0. The van der Waals surface area contributed by atoms with Crippen LogP contribution in [0.4, 0.5) is 0 Å². The molecule has 0 aromatic carbocycles. The van der Waals surface area contributed by atoms with E-state index in [1.54, 1.807) is 0 Å². The Balaban J connectivity index is 2.59. The van der Waals surface area contributed by atoms with Crippen LogP contribution in [-0.2, 0) is 0 Å². The van der Waals surface area contributed by atoms with Crippen molar-refractivity contribution >= 4 is 0 Å². The zero-order valence-electron chi connectivity index (χ0n) is 9.02. The van der Waals surface area contributed by atoms with Gasteiger partial charge in [-0.05, 0) is 34.6 Å². The van der Waals surface area contributed by atoms with Gasteiger partial charge in [-0.25, -0.2) is 0 Å². The van der Waals surface area contributed by atoms with Crippen LogP contribution < -0.4 is 5.32 Å². The Hall–Kier alpha value is -0.0800. The van der Waals surface area contributed by atoms with Crippen molar-refractivity contribution in [1.82, 2.24) is 10.2 Å². The molecule has 12 heavy (non-hydrogen) atoms. The smallest absolute Gasteiger partial charge is 0.0253 e. The van der Waals surface area contributed by atoms with Gasteiger partial charge in [0.15, 0.2) is 0 Å². The van der Waals surface area contributed by atoms with Crippen LogP contribution >= 0.6 is 0 Å². The van der Waals surface area contributed by atoms with E-state index in [2.05, 4.69) is 44.8 Å². The quantitative estimate of drug-likeness (QED) is 0.641. The topological polar surface area (TPSA) is 15.3 Å². The van der Waals surface area contributed by atoms with Crippen molar-refractivity contribution in [3.8, 4) is 0 Å². The summed E-state index contributed by atoms with van der Waals surface area (Å²) < 4.78 is 0. The first kappa shape index (κ1) is 10.0. The maximum absolute atomic E-state index is 3.55. The first-order valence-electron chi connectivity index (χ1n) is 4.93. The van der Waals surface area contributed by atoms with Crippen LogP contribution in [0.1, 0.15) is 34.6 Å². The number of piperazine rings is 1. The highest BCUT2D eigenvalue weighted by Crippen LogP contribution is 2.16. The summed E-state index contributed by atoms with van der Waals surface area (Å²) in [6.07, 6.45) is 0. The van der Waals surface area contributed by atoms with E-state index in [0.29, 0.717) is 12.1 Å². The van der Waals surface area contributed by atoms with Gasteiger partial charge in [-0.2, -0.15) is 0 Å². The Morgan fingerprint density at radius 3 is 2.42 bits per heavy atom. The van der Waals surface area contributed by atoms with Gasteiger partial charge in [0.05, 0.1) is 0 Å². The SMILES string of the molecule is CC(C)N1CC(C)(C)NC[C@H]1C. The number of rotatable bonds is 1. The fourth-order valence-electron chi connectivity index (χ4n) is 1.90. The van der Waals surface area contributed by atoms with Crippen molar-refractivity contribution in [3.05, 3.63) is 0 Å². The van der Waals surface area contributed by atoms with E-state index in [0.717, 1.165) is 13.1 Å². The minimum absolute atomic E-state index is 0.288. The Bertz CT molecular complexity index is 152. The summed E-state index contributed by atoms with van der Waals surface area (Å²) in [5.41, 5.74) is 0.288. The largest absolute Gasteiger partial charge is 0.309 e. The molecule has 0 bridgehead atoms. The second kappa shape index (κ2) is 3.35. The lowest BCUT2D eigenvalue weighted by atomic mass is 9.98. The van der Waals surface area contributed by atoms with Crippen molar-refractivity contribution in [2.24, 2.45) is 0 Å². The van der Waals surface area contributed by atoms with E-state index < -0.39 is 0 Å². The van der Waals surface area contributed by atoms with Crippen molar-refractivity contribution in [3.63, 3.8) is 0 Å². The van der Waals surface area contributed by atoms with Crippen LogP contribution in [0, 0.1) is 0 Å². The van der Waals surface area contributed by atoms with Crippen LogP contribution in [0.15, 0.2) is 0 Å². The number of nitrogens with one attached hydrogen (secondary N) is 1. The molecule has 1 heterocycles. The molecule has 0 aromatic rings. The summed E-state index contributed by atoms with van der Waals surface area (Å²) in [7, 11) is 0. The monoisotopic (exact) mass is 170 g/mol. The lowest BCUT2D eigenvalue weighted by molar-refractivity contribution is 0.0761. The predicted octanol–water partition coefficient (Wildman–Crippen LogP) is 1.47. The first-order valence-corrected chi connectivity index (χ1v) is 4.93. The maximum Gasteiger partial charge on any atom is 0.0253 e. The molecule has 1 atom stereocenters. The van der Waals surface area contributed by atoms with Crippen LogP contribution in [0.3, 0.4) is 0 Å². The van der Waals surface area contributed by atoms with Gasteiger partial charge >= 0.3 is 0 Å². The van der Waals surface area contributed by atoms with Crippen molar-refractivity contribution in [2.45, 2.75) is 52.2 Å². The summed E-state index contributed by atoms with van der Waals surface area (Å²) in [4.78, 5) is 2.57. The molecule has 1 rings (SSSR count). The molecule has 1 saturated heterocycles. The van der Waals surface area contributed by atoms with Gasteiger partial charge in [-0.1, -0.05) is 0 Å². The number of nitrogens with zero attached hydrogens (tertiary/aromatic N) is 1. The first-order chi connectivity index (χ1) is 5.42. The fourth-order valence-corrected chi connectivity index (χ4v) is 1.90. The minimum Gasteiger partial charge on any atom is -0.309 e. The van der Waals surface area contributed by atoms with E-state index in [4.69, 9.17) is 0 Å². The molecule has 72 valence electrons. The molecule has 0 aliphatic carbocycles. The zero-order chi connectivity index (χ0) is 9.35.